The quantitative estimate of drug-likeness (QED) is 0.0373. The third-order valence-electron chi connectivity index (χ3n) is 16.8. The van der Waals surface area contributed by atoms with Crippen molar-refractivity contribution in [3.8, 4) is 0 Å². The fraction of sp³-hybridized carbons (Fsp3) is 0.844. The summed E-state index contributed by atoms with van der Waals surface area (Å²) in [5.74, 6) is -0.568. The van der Waals surface area contributed by atoms with Gasteiger partial charge in [0.1, 0.15) is 6.61 Å². The molecule has 0 aliphatic carbocycles. The van der Waals surface area contributed by atoms with E-state index in [9.17, 15) is 14.7 Å². The van der Waals surface area contributed by atoms with E-state index >= 15 is 0 Å². The number of allylic oxidation sites excluding steroid dienone is 10. The van der Waals surface area contributed by atoms with E-state index in [-0.39, 0.29) is 25.2 Å². The third kappa shape index (κ3) is 70.1. The van der Waals surface area contributed by atoms with Crippen LogP contribution in [0.5, 0.6) is 0 Å². The van der Waals surface area contributed by atoms with Crippen LogP contribution >= 0.6 is 0 Å². The Balaban J connectivity index is 3.39. The van der Waals surface area contributed by atoms with E-state index < -0.39 is 6.10 Å². The van der Waals surface area contributed by atoms with Gasteiger partial charge in [0.05, 0.1) is 6.61 Å². The molecule has 1 unspecified atom stereocenters. The van der Waals surface area contributed by atoms with E-state index in [2.05, 4.69) is 74.6 Å². The van der Waals surface area contributed by atoms with Crippen LogP contribution in [0.3, 0.4) is 0 Å². The second-order valence-electron chi connectivity index (χ2n) is 25.0. The molecule has 82 heavy (non-hydrogen) atoms. The van der Waals surface area contributed by atoms with Gasteiger partial charge in [-0.3, -0.25) is 9.59 Å². The largest absolute Gasteiger partial charge is 0.462 e. The molecule has 0 aromatic rings. The SMILES string of the molecule is CCCCCCC/C=C\C/C=C\C/C=C\CCCCCCCCCCCCCCCCCCCCCCCCCCC(=O)OC(CO)COC(=O)CCCCCCCCCCCCCCCCCCC/C=C\C/C=C\CCCCCCC. The molecular formula is C77H142O5. The summed E-state index contributed by atoms with van der Waals surface area (Å²) in [7, 11) is 0. The van der Waals surface area contributed by atoms with Crippen LogP contribution in [0.2, 0.25) is 0 Å². The Hall–Kier alpha value is -2.40. The molecule has 0 spiro atoms. The Morgan fingerprint density at radius 1 is 0.280 bits per heavy atom. The molecule has 0 saturated heterocycles. The molecule has 1 atom stereocenters. The maximum Gasteiger partial charge on any atom is 0.306 e. The third-order valence-corrected chi connectivity index (χ3v) is 16.8. The van der Waals surface area contributed by atoms with Gasteiger partial charge < -0.3 is 14.6 Å². The van der Waals surface area contributed by atoms with Crippen LogP contribution in [0.25, 0.3) is 0 Å². The van der Waals surface area contributed by atoms with Gasteiger partial charge >= 0.3 is 11.9 Å². The molecule has 5 heteroatoms. The summed E-state index contributed by atoms with van der Waals surface area (Å²) < 4.78 is 10.8. The number of hydrogen-bond donors (Lipinski definition) is 1. The minimum Gasteiger partial charge on any atom is -0.462 e. The van der Waals surface area contributed by atoms with E-state index in [0.29, 0.717) is 12.8 Å². The molecule has 0 heterocycles. The second kappa shape index (κ2) is 72.9. The minimum absolute atomic E-state index is 0.0610. The molecule has 0 aromatic heterocycles. The number of aliphatic hydroxyl groups excluding tert-OH is 1. The number of aliphatic hydroxyl groups is 1. The van der Waals surface area contributed by atoms with Gasteiger partial charge in [0.2, 0.25) is 0 Å². The first-order valence-electron chi connectivity index (χ1n) is 36.8. The average molecular weight is 1150 g/mol. The molecule has 0 radical (unpaired) electrons. The lowest BCUT2D eigenvalue weighted by molar-refractivity contribution is -0.161. The van der Waals surface area contributed by atoms with Crippen molar-refractivity contribution in [2.24, 2.45) is 0 Å². The number of rotatable bonds is 69. The van der Waals surface area contributed by atoms with Gasteiger partial charge in [-0.15, -0.1) is 0 Å². The number of unbranched alkanes of at least 4 members (excludes halogenated alkanes) is 51. The predicted molar refractivity (Wildman–Crippen MR) is 362 cm³/mol. The highest BCUT2D eigenvalue weighted by atomic mass is 16.6. The zero-order valence-corrected chi connectivity index (χ0v) is 55.3. The standard InChI is InChI=1S/C77H142O5/c1-3-5-7-9-11-13-15-17-19-21-23-25-27-29-31-33-34-35-36-37-38-39-40-41-42-44-46-48-50-52-54-56-58-60-62-64-66-68-70-72-77(80)82-75(73-78)74-81-76(79)71-69-67-65-63-61-59-57-55-53-51-49-47-45-43-32-30-28-26-24-22-20-18-16-14-12-10-8-6-4-2/h15-18,21-24,27,29,75,78H,3-14,19-20,25-26,28,30-74H2,1-2H3/b17-15-,18-16-,23-21-,24-22-,29-27-. The van der Waals surface area contributed by atoms with E-state index in [1.54, 1.807) is 0 Å². The van der Waals surface area contributed by atoms with Gasteiger partial charge in [-0.05, 0) is 83.5 Å². The molecule has 0 aliphatic heterocycles. The molecule has 0 aliphatic rings. The van der Waals surface area contributed by atoms with Crippen molar-refractivity contribution in [2.45, 2.75) is 405 Å². The first kappa shape index (κ1) is 79.6. The molecular weight excluding hydrogens is 1000 g/mol. The summed E-state index contributed by atoms with van der Waals surface area (Å²) in [6.07, 6.45) is 99.9. The number of carbonyl (C=O) groups excluding carboxylic acids is 2. The van der Waals surface area contributed by atoms with Crippen molar-refractivity contribution in [3.05, 3.63) is 60.8 Å². The zero-order valence-electron chi connectivity index (χ0n) is 55.3. The maximum absolute atomic E-state index is 12.4. The summed E-state index contributed by atoms with van der Waals surface area (Å²) in [4.78, 5) is 24.7. The summed E-state index contributed by atoms with van der Waals surface area (Å²) in [5.41, 5.74) is 0. The Labute approximate surface area is 512 Å². The van der Waals surface area contributed by atoms with Crippen molar-refractivity contribution < 1.29 is 24.2 Å². The number of esters is 2. The summed E-state index contributed by atoms with van der Waals surface area (Å²) >= 11 is 0. The van der Waals surface area contributed by atoms with Crippen molar-refractivity contribution in [2.75, 3.05) is 13.2 Å². The molecule has 5 nitrogen and oxygen atoms in total. The first-order chi connectivity index (χ1) is 40.6. The van der Waals surface area contributed by atoms with Crippen molar-refractivity contribution in [1.29, 1.82) is 0 Å². The van der Waals surface area contributed by atoms with Gasteiger partial charge in [0.15, 0.2) is 6.10 Å². The second-order valence-corrected chi connectivity index (χ2v) is 25.0. The topological polar surface area (TPSA) is 72.8 Å². The normalized spacial score (nSPS) is 12.5. The summed E-state index contributed by atoms with van der Waals surface area (Å²) in [6, 6.07) is 0. The van der Waals surface area contributed by atoms with Crippen molar-refractivity contribution >= 4 is 11.9 Å². The molecule has 0 aromatic carbocycles. The molecule has 0 saturated carbocycles. The van der Waals surface area contributed by atoms with Gasteiger partial charge in [-0.1, -0.05) is 364 Å². The number of carbonyl (C=O) groups is 2. The molecule has 0 amide bonds. The monoisotopic (exact) mass is 1150 g/mol. The Morgan fingerprint density at radius 2 is 0.488 bits per heavy atom. The Kier molecular flexibility index (Phi) is 70.7. The van der Waals surface area contributed by atoms with Crippen LogP contribution < -0.4 is 0 Å². The first-order valence-corrected chi connectivity index (χ1v) is 36.8. The highest BCUT2D eigenvalue weighted by Crippen LogP contribution is 2.19. The van der Waals surface area contributed by atoms with Gasteiger partial charge in [-0.25, -0.2) is 0 Å². The lowest BCUT2D eigenvalue weighted by Crippen LogP contribution is -2.28. The molecule has 0 bridgehead atoms. The van der Waals surface area contributed by atoms with E-state index in [0.717, 1.165) is 57.8 Å². The zero-order chi connectivity index (χ0) is 59.1. The predicted octanol–water partition coefficient (Wildman–Crippen LogP) is 25.7. The lowest BCUT2D eigenvalue weighted by Gasteiger charge is -2.15. The fourth-order valence-corrected chi connectivity index (χ4v) is 11.2. The maximum atomic E-state index is 12.4. The average Bonchev–Trinajstić information content (AvgIpc) is 3.49. The molecule has 0 fully saturated rings. The smallest absolute Gasteiger partial charge is 0.306 e. The van der Waals surface area contributed by atoms with Crippen molar-refractivity contribution in [3.63, 3.8) is 0 Å². The van der Waals surface area contributed by atoms with Crippen LogP contribution in [0.15, 0.2) is 60.8 Å². The van der Waals surface area contributed by atoms with Crippen molar-refractivity contribution in [1.82, 2.24) is 0 Å². The fourth-order valence-electron chi connectivity index (χ4n) is 11.2. The highest BCUT2D eigenvalue weighted by molar-refractivity contribution is 5.70. The Bertz CT molecular complexity index is 1390. The van der Waals surface area contributed by atoms with E-state index in [1.807, 2.05) is 0 Å². The van der Waals surface area contributed by atoms with Crippen LogP contribution in [0.1, 0.15) is 399 Å². The highest BCUT2D eigenvalue weighted by Gasteiger charge is 2.16. The minimum atomic E-state index is -0.772. The van der Waals surface area contributed by atoms with Crippen LogP contribution in [-0.4, -0.2) is 36.4 Å². The van der Waals surface area contributed by atoms with Crippen LogP contribution in [0, 0.1) is 0 Å². The van der Waals surface area contributed by atoms with Gasteiger partial charge in [-0.2, -0.15) is 0 Å². The number of ether oxygens (including phenoxy) is 2. The molecule has 1 N–H and O–H groups in total. The lowest BCUT2D eigenvalue weighted by atomic mass is 10.0. The Morgan fingerprint density at radius 3 is 0.732 bits per heavy atom. The molecule has 0 rings (SSSR count). The summed E-state index contributed by atoms with van der Waals surface area (Å²) in [5, 5.41) is 9.71. The summed E-state index contributed by atoms with van der Waals surface area (Å²) in [6.45, 7) is 4.17. The van der Waals surface area contributed by atoms with Gasteiger partial charge in [0, 0.05) is 12.8 Å². The van der Waals surface area contributed by atoms with Crippen LogP contribution in [0.4, 0.5) is 0 Å². The number of hydrogen-bond acceptors (Lipinski definition) is 5. The molecule has 480 valence electrons. The van der Waals surface area contributed by atoms with E-state index in [1.165, 1.54) is 315 Å². The van der Waals surface area contributed by atoms with Gasteiger partial charge in [0.25, 0.3) is 0 Å². The van der Waals surface area contributed by atoms with Crippen LogP contribution in [-0.2, 0) is 19.1 Å². The van der Waals surface area contributed by atoms with E-state index in [4.69, 9.17) is 9.47 Å².